The van der Waals surface area contributed by atoms with Crippen LogP contribution in [0.4, 0.5) is 22.7 Å². The molecule has 0 amide bonds. The van der Waals surface area contributed by atoms with E-state index in [4.69, 9.17) is 9.72 Å². The summed E-state index contributed by atoms with van der Waals surface area (Å²) in [5.74, 6) is 2.44. The minimum atomic E-state index is -0.220. The van der Waals surface area contributed by atoms with E-state index in [9.17, 15) is 0 Å². The minimum Gasteiger partial charge on any atom is -0.457 e. The van der Waals surface area contributed by atoms with Gasteiger partial charge in [0.05, 0.1) is 22.4 Å². The van der Waals surface area contributed by atoms with Gasteiger partial charge in [-0.15, -0.1) is 0 Å². The van der Waals surface area contributed by atoms with Crippen LogP contribution in [-0.2, 0) is 27.1 Å². The fourth-order valence-corrected chi connectivity index (χ4v) is 10.3. The summed E-state index contributed by atoms with van der Waals surface area (Å²) in [4.78, 5) is 10.0. The molecule has 0 fully saturated rings. The number of nitrogens with zero attached hydrogens (tertiary/aromatic N) is 4. The minimum absolute atomic E-state index is 0.0284. The monoisotopic (exact) mass is 935 g/mol. The van der Waals surface area contributed by atoms with Crippen molar-refractivity contribution in [2.75, 3.05) is 16.5 Å². The van der Waals surface area contributed by atoms with E-state index in [0.717, 1.165) is 39.4 Å². The van der Waals surface area contributed by atoms with Gasteiger partial charge < -0.3 is 14.5 Å². The Kier molecular flexibility index (Phi) is 11.6. The first-order valence-electron chi connectivity index (χ1n) is 25.4. The van der Waals surface area contributed by atoms with Crippen LogP contribution in [0.25, 0.3) is 27.6 Å². The lowest BCUT2D eigenvalue weighted by molar-refractivity contribution is 0.479. The molecule has 2 aromatic heterocycles. The highest BCUT2D eigenvalue weighted by molar-refractivity contribution is 6.09. The van der Waals surface area contributed by atoms with Gasteiger partial charge in [0.1, 0.15) is 24.0 Å². The molecule has 0 saturated carbocycles. The molecule has 3 heterocycles. The van der Waals surface area contributed by atoms with Crippen LogP contribution in [0.5, 0.6) is 11.5 Å². The number of fused-ring (bicyclic) bond motifs is 4. The molecule has 0 saturated heterocycles. The van der Waals surface area contributed by atoms with Crippen molar-refractivity contribution < 1.29 is 4.74 Å². The number of ether oxygens (including phenoxy) is 1. The van der Waals surface area contributed by atoms with Crippen LogP contribution in [0, 0.1) is 0 Å². The van der Waals surface area contributed by atoms with Crippen molar-refractivity contribution in [2.24, 2.45) is 0 Å². The normalized spacial score (nSPS) is 13.6. The SMILES string of the molecule is CC(C)(C)c1cc(Oc2ccc3c4ccccc4n(-c4cc(C(C)(C)c5ccccc5)ccn4)c3c2)cc(N2CN(c3cc(C(C)(C)C)cc(C(C)(C)c4ccccc4)c3)c3cc(C(C)(C)C)ccc32)c1. The molecule has 7 aromatic carbocycles. The van der Waals surface area contributed by atoms with Gasteiger partial charge >= 0.3 is 0 Å². The highest BCUT2D eigenvalue weighted by Gasteiger charge is 2.34. The number of pyridine rings is 1. The smallest absolute Gasteiger partial charge is 0.137 e. The van der Waals surface area contributed by atoms with Gasteiger partial charge in [0.15, 0.2) is 0 Å². The molecule has 0 spiro atoms. The highest BCUT2D eigenvalue weighted by atomic mass is 16.5. The maximum atomic E-state index is 7.08. The molecule has 10 rings (SSSR count). The van der Waals surface area contributed by atoms with Crippen LogP contribution in [-0.4, -0.2) is 16.2 Å². The molecule has 0 aliphatic carbocycles. The Morgan fingerprint density at radius 3 is 1.58 bits per heavy atom. The number of aromatic nitrogens is 2. The lowest BCUT2D eigenvalue weighted by Gasteiger charge is -2.32. The first-order valence-corrected chi connectivity index (χ1v) is 25.4. The molecule has 0 bridgehead atoms. The predicted octanol–water partition coefficient (Wildman–Crippen LogP) is 17.8. The van der Waals surface area contributed by atoms with E-state index >= 15 is 0 Å². The lowest BCUT2D eigenvalue weighted by Crippen LogP contribution is -2.26. The molecule has 0 N–H and O–H groups in total. The van der Waals surface area contributed by atoms with Crippen LogP contribution in [0.3, 0.4) is 0 Å². The van der Waals surface area contributed by atoms with Crippen LogP contribution in [0.1, 0.15) is 129 Å². The quantitative estimate of drug-likeness (QED) is 0.144. The topological polar surface area (TPSA) is 33.5 Å². The molecule has 71 heavy (non-hydrogen) atoms. The van der Waals surface area contributed by atoms with Gasteiger partial charge in [0.2, 0.25) is 0 Å². The maximum Gasteiger partial charge on any atom is 0.137 e. The van der Waals surface area contributed by atoms with E-state index in [2.05, 4.69) is 274 Å². The van der Waals surface area contributed by atoms with E-state index in [0.29, 0.717) is 6.67 Å². The van der Waals surface area contributed by atoms with Gasteiger partial charge in [-0.05, 0) is 122 Å². The molecule has 360 valence electrons. The summed E-state index contributed by atoms with van der Waals surface area (Å²) in [6.07, 6.45) is 1.95. The number of hydrogen-bond acceptors (Lipinski definition) is 4. The summed E-state index contributed by atoms with van der Waals surface area (Å²) in [5, 5.41) is 2.33. The zero-order valence-corrected chi connectivity index (χ0v) is 44.1. The molecule has 1 aliphatic heterocycles. The summed E-state index contributed by atoms with van der Waals surface area (Å²) < 4.78 is 9.38. The van der Waals surface area contributed by atoms with E-state index in [1.807, 2.05) is 6.20 Å². The van der Waals surface area contributed by atoms with Crippen LogP contribution < -0.4 is 14.5 Å². The molecule has 0 radical (unpaired) electrons. The number of benzene rings is 7. The summed E-state index contributed by atoms with van der Waals surface area (Å²) in [7, 11) is 0. The van der Waals surface area contributed by atoms with Gasteiger partial charge in [-0.25, -0.2) is 4.98 Å². The Labute approximate surface area is 422 Å². The van der Waals surface area contributed by atoms with Crippen molar-refractivity contribution in [3.8, 4) is 17.3 Å². The van der Waals surface area contributed by atoms with Gasteiger partial charge in [-0.3, -0.25) is 4.57 Å². The largest absolute Gasteiger partial charge is 0.457 e. The predicted molar refractivity (Wildman–Crippen MR) is 300 cm³/mol. The standard InChI is InChI=1S/C66H70N4O/c1-62(2,3)46-28-31-58-60(39-46)69(51-35-48(63(4,5)6)34-50(37-51)66(12,13)45-24-18-15-19-25-45)43-68(58)52-36-49(64(7,8)9)38-54(41-52)71-53-29-30-56-55-26-20-21-27-57(55)70(59(56)42-53)61-40-47(32-33-67-61)65(10,11)44-22-16-14-17-23-44/h14-42H,43H2,1-13H3. The average Bonchev–Trinajstić information content (AvgIpc) is 3.89. The summed E-state index contributed by atoms with van der Waals surface area (Å²) in [5.41, 5.74) is 15.1. The molecule has 5 nitrogen and oxygen atoms in total. The van der Waals surface area contributed by atoms with E-state index in [1.54, 1.807) is 0 Å². The fraction of sp³-hybridized carbons (Fsp3) is 0.288. The van der Waals surface area contributed by atoms with Crippen LogP contribution in [0.2, 0.25) is 0 Å². The highest BCUT2D eigenvalue weighted by Crippen LogP contribution is 2.49. The molecule has 0 unspecified atom stereocenters. The van der Waals surface area contributed by atoms with Crippen molar-refractivity contribution in [1.29, 1.82) is 0 Å². The Morgan fingerprint density at radius 1 is 0.380 bits per heavy atom. The van der Waals surface area contributed by atoms with Gasteiger partial charge in [0.25, 0.3) is 0 Å². The van der Waals surface area contributed by atoms with Crippen molar-refractivity contribution in [3.63, 3.8) is 0 Å². The second kappa shape index (κ2) is 17.3. The van der Waals surface area contributed by atoms with E-state index < -0.39 is 0 Å². The van der Waals surface area contributed by atoms with Crippen molar-refractivity contribution in [3.05, 3.63) is 215 Å². The van der Waals surface area contributed by atoms with Crippen LogP contribution >= 0.6 is 0 Å². The molecular weight excluding hydrogens is 865 g/mol. The van der Waals surface area contributed by atoms with Crippen LogP contribution in [0.15, 0.2) is 176 Å². The molecule has 5 heteroatoms. The fourth-order valence-electron chi connectivity index (χ4n) is 10.3. The van der Waals surface area contributed by atoms with Crippen molar-refractivity contribution >= 4 is 44.6 Å². The number of rotatable bonds is 9. The number of hydrogen-bond donors (Lipinski definition) is 0. The number of para-hydroxylation sites is 1. The van der Waals surface area contributed by atoms with Crippen molar-refractivity contribution in [2.45, 2.75) is 117 Å². The lowest BCUT2D eigenvalue weighted by atomic mass is 9.75. The Bertz CT molecular complexity index is 3430. The third kappa shape index (κ3) is 8.90. The second-order valence-corrected chi connectivity index (χ2v) is 24.0. The third-order valence-electron chi connectivity index (χ3n) is 15.2. The Morgan fingerprint density at radius 2 is 0.930 bits per heavy atom. The maximum absolute atomic E-state index is 7.08. The van der Waals surface area contributed by atoms with Gasteiger partial charge in [-0.2, -0.15) is 0 Å². The second-order valence-electron chi connectivity index (χ2n) is 24.0. The molecule has 0 atom stereocenters. The van der Waals surface area contributed by atoms with E-state index in [1.165, 1.54) is 61.4 Å². The Hall–Kier alpha value is -7.11. The van der Waals surface area contributed by atoms with Gasteiger partial charge in [-0.1, -0.05) is 181 Å². The van der Waals surface area contributed by atoms with Gasteiger partial charge in [0, 0.05) is 51.3 Å². The first kappa shape index (κ1) is 47.6. The molecular formula is C66H70N4O. The summed E-state index contributed by atoms with van der Waals surface area (Å²) in [6, 6.07) is 62.4. The zero-order chi connectivity index (χ0) is 50.3. The number of anilines is 4. The summed E-state index contributed by atoms with van der Waals surface area (Å²) in [6.45, 7) is 30.7. The van der Waals surface area contributed by atoms with E-state index in [-0.39, 0.29) is 27.1 Å². The first-order chi connectivity index (χ1) is 33.6. The van der Waals surface area contributed by atoms with Crippen molar-refractivity contribution in [1.82, 2.24) is 9.55 Å². The molecule has 1 aliphatic rings. The molecule has 9 aromatic rings. The Balaban J connectivity index is 1.08. The zero-order valence-electron chi connectivity index (χ0n) is 44.1. The average molecular weight is 935 g/mol. The summed E-state index contributed by atoms with van der Waals surface area (Å²) >= 11 is 0. The third-order valence-corrected chi connectivity index (χ3v) is 15.2.